The monoisotopic (exact) mass is 280 g/mol. The van der Waals surface area contributed by atoms with Gasteiger partial charge in [-0.1, -0.05) is 18.2 Å². The molecule has 0 unspecified atom stereocenters. The lowest BCUT2D eigenvalue weighted by Gasteiger charge is -2.18. The molecule has 0 saturated carbocycles. The highest BCUT2D eigenvalue weighted by molar-refractivity contribution is 5.86. The first-order valence-electron chi connectivity index (χ1n) is 6.06. The Balaban J connectivity index is 0.00000180. The smallest absolute Gasteiger partial charge is 0.408 e. The van der Waals surface area contributed by atoms with E-state index in [1.807, 2.05) is 38.1 Å². The molecule has 0 radical (unpaired) electrons. The quantitative estimate of drug-likeness (QED) is 0.864. The van der Waals surface area contributed by atoms with E-state index in [0.717, 1.165) is 5.39 Å². The third-order valence-electron chi connectivity index (χ3n) is 2.81. The molecule has 0 aliphatic heterocycles. The van der Waals surface area contributed by atoms with Crippen LogP contribution >= 0.6 is 12.4 Å². The molecule has 1 aromatic carbocycles. The largest absolute Gasteiger partial charge is 0.415 e. The fourth-order valence-electron chi connectivity index (χ4n) is 1.80. The molecule has 0 spiro atoms. The maximum absolute atomic E-state index is 11.9. The van der Waals surface area contributed by atoms with Gasteiger partial charge in [0.05, 0.1) is 0 Å². The van der Waals surface area contributed by atoms with Crippen LogP contribution in [0.4, 0.5) is 4.79 Å². The minimum atomic E-state index is -0.335. The van der Waals surface area contributed by atoms with Gasteiger partial charge < -0.3 is 9.64 Å². The van der Waals surface area contributed by atoms with Crippen molar-refractivity contribution in [1.82, 2.24) is 9.88 Å². The Kier molecular flexibility index (Phi) is 5.57. The van der Waals surface area contributed by atoms with Gasteiger partial charge in [0, 0.05) is 24.7 Å². The summed E-state index contributed by atoms with van der Waals surface area (Å²) in [4.78, 5) is 17.8. The van der Waals surface area contributed by atoms with Crippen molar-refractivity contribution in [3.8, 4) is 5.75 Å². The summed E-state index contributed by atoms with van der Waals surface area (Å²) in [6.07, 6.45) is 1.36. The highest BCUT2D eigenvalue weighted by Gasteiger charge is 2.13. The summed E-state index contributed by atoms with van der Waals surface area (Å²) >= 11 is 0. The molecule has 0 N–H and O–H groups in total. The zero-order valence-corrected chi connectivity index (χ0v) is 11.8. The fraction of sp³-hybridized carbons (Fsp3) is 0.286. The van der Waals surface area contributed by atoms with E-state index in [1.54, 1.807) is 17.2 Å². The minimum Gasteiger partial charge on any atom is -0.408 e. The topological polar surface area (TPSA) is 42.4 Å². The number of nitrogens with zero attached hydrogens (tertiary/aromatic N) is 2. The van der Waals surface area contributed by atoms with E-state index in [0.29, 0.717) is 24.4 Å². The Morgan fingerprint density at radius 2 is 1.89 bits per heavy atom. The van der Waals surface area contributed by atoms with Crippen molar-refractivity contribution in [1.29, 1.82) is 0 Å². The second-order valence-corrected chi connectivity index (χ2v) is 3.87. The zero-order chi connectivity index (χ0) is 13.0. The number of carbonyl (C=O) groups excluding carboxylic acids is 1. The molecule has 2 aromatic rings. The van der Waals surface area contributed by atoms with E-state index < -0.39 is 0 Å². The third kappa shape index (κ3) is 3.35. The molecule has 2 rings (SSSR count). The van der Waals surface area contributed by atoms with E-state index in [-0.39, 0.29) is 18.5 Å². The number of hydrogen-bond donors (Lipinski definition) is 0. The van der Waals surface area contributed by atoms with Crippen molar-refractivity contribution in [3.05, 3.63) is 36.5 Å². The Morgan fingerprint density at radius 3 is 2.58 bits per heavy atom. The van der Waals surface area contributed by atoms with Crippen LogP contribution in [0.15, 0.2) is 36.5 Å². The van der Waals surface area contributed by atoms with Crippen LogP contribution in [0.2, 0.25) is 0 Å². The summed E-state index contributed by atoms with van der Waals surface area (Å²) in [6.45, 7) is 5.11. The number of carbonyl (C=O) groups is 1. The summed E-state index contributed by atoms with van der Waals surface area (Å²) in [6, 6.07) is 9.36. The third-order valence-corrected chi connectivity index (χ3v) is 2.81. The van der Waals surface area contributed by atoms with Crippen molar-refractivity contribution in [2.45, 2.75) is 13.8 Å². The Bertz CT molecular complexity index is 551. The molecule has 0 saturated heterocycles. The van der Waals surface area contributed by atoms with Crippen LogP contribution in [-0.4, -0.2) is 29.1 Å². The minimum absolute atomic E-state index is 0. The van der Waals surface area contributed by atoms with Gasteiger partial charge in [-0.3, -0.25) is 4.98 Å². The predicted octanol–water partition coefficient (Wildman–Crippen LogP) is 3.50. The number of halogens is 1. The van der Waals surface area contributed by atoms with Gasteiger partial charge in [0.25, 0.3) is 0 Å². The number of pyridine rings is 1. The van der Waals surface area contributed by atoms with E-state index in [2.05, 4.69) is 4.98 Å². The fourth-order valence-corrected chi connectivity index (χ4v) is 1.80. The molecule has 19 heavy (non-hydrogen) atoms. The molecule has 102 valence electrons. The van der Waals surface area contributed by atoms with Crippen LogP contribution in [0.5, 0.6) is 5.75 Å². The van der Waals surface area contributed by atoms with Gasteiger partial charge in [0.1, 0.15) is 5.52 Å². The maximum atomic E-state index is 11.9. The van der Waals surface area contributed by atoms with E-state index >= 15 is 0 Å². The van der Waals surface area contributed by atoms with E-state index in [4.69, 9.17) is 4.74 Å². The van der Waals surface area contributed by atoms with E-state index in [9.17, 15) is 4.79 Å². The van der Waals surface area contributed by atoms with Crippen molar-refractivity contribution in [3.63, 3.8) is 0 Å². The van der Waals surface area contributed by atoms with Crippen LogP contribution in [0.3, 0.4) is 0 Å². The Hall–Kier alpha value is -1.81. The number of ether oxygens (including phenoxy) is 1. The molecular formula is C14H17ClN2O2. The van der Waals surface area contributed by atoms with Crippen LogP contribution < -0.4 is 4.74 Å². The molecule has 0 atom stereocenters. The average molecular weight is 281 g/mol. The SMILES string of the molecule is CCN(CC)C(=O)Oc1cccc2cccnc12.Cl. The highest BCUT2D eigenvalue weighted by Crippen LogP contribution is 2.23. The zero-order valence-electron chi connectivity index (χ0n) is 11.0. The van der Waals surface area contributed by atoms with Gasteiger partial charge in [0.2, 0.25) is 0 Å². The lowest BCUT2D eigenvalue weighted by Crippen LogP contribution is -2.33. The molecule has 0 aliphatic rings. The Morgan fingerprint density at radius 1 is 1.21 bits per heavy atom. The summed E-state index contributed by atoms with van der Waals surface area (Å²) < 4.78 is 5.40. The van der Waals surface area contributed by atoms with Gasteiger partial charge in [-0.15, -0.1) is 12.4 Å². The van der Waals surface area contributed by atoms with Crippen molar-refractivity contribution in [2.24, 2.45) is 0 Å². The number of aromatic nitrogens is 1. The Labute approximate surface area is 118 Å². The summed E-state index contributed by atoms with van der Waals surface area (Å²) in [5.74, 6) is 0.505. The number of hydrogen-bond acceptors (Lipinski definition) is 3. The normalized spacial score (nSPS) is 9.79. The molecule has 0 fully saturated rings. The first-order valence-corrected chi connectivity index (χ1v) is 6.06. The molecule has 1 amide bonds. The first kappa shape index (κ1) is 15.2. The molecule has 5 heteroatoms. The van der Waals surface area contributed by atoms with Crippen molar-refractivity contribution < 1.29 is 9.53 Å². The lowest BCUT2D eigenvalue weighted by atomic mass is 10.2. The molecule has 4 nitrogen and oxygen atoms in total. The number of para-hydroxylation sites is 1. The maximum Gasteiger partial charge on any atom is 0.415 e. The summed E-state index contributed by atoms with van der Waals surface area (Å²) in [7, 11) is 0. The number of fused-ring (bicyclic) bond motifs is 1. The van der Waals surface area contributed by atoms with Crippen molar-refractivity contribution in [2.75, 3.05) is 13.1 Å². The number of benzene rings is 1. The predicted molar refractivity (Wildman–Crippen MR) is 77.9 cm³/mol. The van der Waals surface area contributed by atoms with Gasteiger partial charge >= 0.3 is 6.09 Å². The molecule has 1 heterocycles. The van der Waals surface area contributed by atoms with Gasteiger partial charge in [-0.25, -0.2) is 4.79 Å². The van der Waals surface area contributed by atoms with Gasteiger partial charge in [-0.2, -0.15) is 0 Å². The average Bonchev–Trinajstić information content (AvgIpc) is 2.40. The standard InChI is InChI=1S/C14H16N2O2.ClH/c1-3-16(4-2)14(17)18-12-9-5-7-11-8-6-10-15-13(11)12;/h5-10H,3-4H2,1-2H3;1H. The second kappa shape index (κ2) is 6.95. The highest BCUT2D eigenvalue weighted by atomic mass is 35.5. The summed E-state index contributed by atoms with van der Waals surface area (Å²) in [5, 5.41) is 0.961. The first-order chi connectivity index (χ1) is 8.76. The van der Waals surface area contributed by atoms with Crippen LogP contribution in [0.25, 0.3) is 10.9 Å². The molecule has 0 bridgehead atoms. The molecule has 1 aromatic heterocycles. The number of rotatable bonds is 3. The van der Waals surface area contributed by atoms with Gasteiger partial charge in [0.15, 0.2) is 5.75 Å². The summed E-state index contributed by atoms with van der Waals surface area (Å²) in [5.41, 5.74) is 0.709. The number of amides is 1. The lowest BCUT2D eigenvalue weighted by molar-refractivity contribution is 0.158. The van der Waals surface area contributed by atoms with Crippen molar-refractivity contribution >= 4 is 29.4 Å². The van der Waals surface area contributed by atoms with Crippen LogP contribution in [0.1, 0.15) is 13.8 Å². The van der Waals surface area contributed by atoms with Gasteiger partial charge in [-0.05, 0) is 26.0 Å². The van der Waals surface area contributed by atoms with E-state index in [1.165, 1.54) is 0 Å². The second-order valence-electron chi connectivity index (χ2n) is 3.87. The van der Waals surface area contributed by atoms with Crippen LogP contribution in [0, 0.1) is 0 Å². The molecule has 0 aliphatic carbocycles. The molecular weight excluding hydrogens is 264 g/mol. The van der Waals surface area contributed by atoms with Crippen LogP contribution in [-0.2, 0) is 0 Å².